The number of benzene rings is 1. The van der Waals surface area contributed by atoms with Crippen LogP contribution in [0.1, 0.15) is 41.6 Å². The Kier molecular flexibility index (Phi) is 5.21. The number of anilines is 1. The highest BCUT2D eigenvalue weighted by molar-refractivity contribution is 5.95. The molecule has 2 rings (SSSR count). The minimum Gasteiger partial charge on any atom is -0.396 e. The fourth-order valence-corrected chi connectivity index (χ4v) is 2.33. The van der Waals surface area contributed by atoms with Gasteiger partial charge in [0.15, 0.2) is 0 Å². The van der Waals surface area contributed by atoms with Crippen molar-refractivity contribution < 1.29 is 9.90 Å². The van der Waals surface area contributed by atoms with Crippen LogP contribution >= 0.6 is 0 Å². The molecule has 1 aliphatic rings. The van der Waals surface area contributed by atoms with E-state index in [0.717, 1.165) is 49.9 Å². The van der Waals surface area contributed by atoms with Gasteiger partial charge in [0.1, 0.15) is 0 Å². The van der Waals surface area contributed by atoms with Gasteiger partial charge in [0, 0.05) is 30.9 Å². The fourth-order valence-electron chi connectivity index (χ4n) is 2.33. The molecule has 0 saturated heterocycles. The number of unbranched alkanes of at least 4 members (excludes halogenated alkanes) is 3. The van der Waals surface area contributed by atoms with Crippen LogP contribution in [0.25, 0.3) is 0 Å². The minimum absolute atomic E-state index is 0.00124. The molecular formula is C15H22N2O2. The van der Waals surface area contributed by atoms with Gasteiger partial charge in [-0.05, 0) is 37.0 Å². The molecule has 4 nitrogen and oxygen atoms in total. The Hall–Kier alpha value is -1.55. The molecule has 0 atom stereocenters. The zero-order valence-corrected chi connectivity index (χ0v) is 11.2. The van der Waals surface area contributed by atoms with Gasteiger partial charge < -0.3 is 15.7 Å². The number of rotatable bonds is 7. The van der Waals surface area contributed by atoms with Crippen LogP contribution in [0.4, 0.5) is 5.69 Å². The van der Waals surface area contributed by atoms with E-state index in [1.807, 2.05) is 18.2 Å². The molecule has 0 saturated carbocycles. The number of carbonyl (C=O) groups excluding carboxylic acids is 1. The molecule has 1 aliphatic heterocycles. The monoisotopic (exact) mass is 262 g/mol. The summed E-state index contributed by atoms with van der Waals surface area (Å²) in [6.07, 6.45) is 4.93. The lowest BCUT2D eigenvalue weighted by Gasteiger charge is -2.07. The molecule has 19 heavy (non-hydrogen) atoms. The van der Waals surface area contributed by atoms with E-state index < -0.39 is 0 Å². The van der Waals surface area contributed by atoms with Crippen LogP contribution in [0.3, 0.4) is 0 Å². The third-order valence-corrected chi connectivity index (χ3v) is 3.45. The van der Waals surface area contributed by atoms with Crippen LogP contribution < -0.4 is 10.6 Å². The quantitative estimate of drug-likeness (QED) is 0.658. The number of amides is 1. The number of hydrogen-bond donors (Lipinski definition) is 3. The van der Waals surface area contributed by atoms with E-state index in [1.54, 1.807) is 0 Å². The SMILES string of the molecule is O=C(NCCCCCCO)c1ccc2c(c1)NCC2. The van der Waals surface area contributed by atoms with Crippen molar-refractivity contribution in [3.05, 3.63) is 29.3 Å². The highest BCUT2D eigenvalue weighted by Gasteiger charge is 2.12. The third-order valence-electron chi connectivity index (χ3n) is 3.45. The highest BCUT2D eigenvalue weighted by Crippen LogP contribution is 2.23. The predicted molar refractivity (Wildman–Crippen MR) is 76.5 cm³/mol. The first-order valence-corrected chi connectivity index (χ1v) is 7.07. The molecule has 1 aromatic carbocycles. The topological polar surface area (TPSA) is 61.4 Å². The van der Waals surface area contributed by atoms with Gasteiger partial charge in [0.05, 0.1) is 0 Å². The molecule has 0 aromatic heterocycles. The average molecular weight is 262 g/mol. The van der Waals surface area contributed by atoms with Gasteiger partial charge in [-0.3, -0.25) is 4.79 Å². The normalized spacial score (nSPS) is 12.9. The minimum atomic E-state index is -0.00124. The number of carbonyl (C=O) groups is 1. The van der Waals surface area contributed by atoms with Gasteiger partial charge in [0.25, 0.3) is 5.91 Å². The molecular weight excluding hydrogens is 240 g/mol. The number of aliphatic hydroxyl groups excluding tert-OH is 1. The number of fused-ring (bicyclic) bond motifs is 1. The maximum Gasteiger partial charge on any atom is 0.251 e. The van der Waals surface area contributed by atoms with Crippen LogP contribution in [-0.2, 0) is 6.42 Å². The van der Waals surface area contributed by atoms with Crippen molar-refractivity contribution in [2.45, 2.75) is 32.1 Å². The summed E-state index contributed by atoms with van der Waals surface area (Å²) in [4.78, 5) is 12.0. The van der Waals surface area contributed by atoms with E-state index in [9.17, 15) is 4.79 Å². The summed E-state index contributed by atoms with van der Waals surface area (Å²) in [5.74, 6) is -0.00124. The van der Waals surface area contributed by atoms with Crippen LogP contribution in [0.2, 0.25) is 0 Å². The van der Waals surface area contributed by atoms with E-state index in [1.165, 1.54) is 5.56 Å². The molecule has 3 N–H and O–H groups in total. The Morgan fingerprint density at radius 1 is 1.26 bits per heavy atom. The lowest BCUT2D eigenvalue weighted by molar-refractivity contribution is 0.0953. The van der Waals surface area contributed by atoms with Crippen molar-refractivity contribution in [1.82, 2.24) is 5.32 Å². The lowest BCUT2D eigenvalue weighted by Crippen LogP contribution is -2.24. The molecule has 104 valence electrons. The van der Waals surface area contributed by atoms with Crippen LogP contribution in [0.5, 0.6) is 0 Å². The average Bonchev–Trinajstić information content (AvgIpc) is 2.89. The smallest absolute Gasteiger partial charge is 0.251 e. The van der Waals surface area contributed by atoms with E-state index >= 15 is 0 Å². The molecule has 0 spiro atoms. The molecule has 0 unspecified atom stereocenters. The van der Waals surface area contributed by atoms with Gasteiger partial charge in [-0.2, -0.15) is 0 Å². The van der Waals surface area contributed by atoms with Crippen molar-refractivity contribution in [3.63, 3.8) is 0 Å². The fraction of sp³-hybridized carbons (Fsp3) is 0.533. The van der Waals surface area contributed by atoms with Crippen molar-refractivity contribution in [2.75, 3.05) is 25.0 Å². The zero-order chi connectivity index (χ0) is 13.5. The summed E-state index contributed by atoms with van der Waals surface area (Å²) in [7, 11) is 0. The Bertz CT molecular complexity index is 432. The molecule has 1 aromatic rings. The molecule has 0 radical (unpaired) electrons. The zero-order valence-electron chi connectivity index (χ0n) is 11.2. The summed E-state index contributed by atoms with van der Waals surface area (Å²) in [5, 5.41) is 14.9. The van der Waals surface area contributed by atoms with E-state index in [-0.39, 0.29) is 12.5 Å². The summed E-state index contributed by atoms with van der Waals surface area (Å²) in [5.41, 5.74) is 3.11. The summed E-state index contributed by atoms with van der Waals surface area (Å²) < 4.78 is 0. The number of nitrogens with one attached hydrogen (secondary N) is 2. The van der Waals surface area contributed by atoms with Crippen molar-refractivity contribution in [1.29, 1.82) is 0 Å². The molecule has 0 aliphatic carbocycles. The first-order chi connectivity index (χ1) is 9.31. The second-order valence-electron chi connectivity index (χ2n) is 4.94. The maximum atomic E-state index is 12.0. The Morgan fingerprint density at radius 2 is 2.11 bits per heavy atom. The standard InChI is InChI=1S/C15H22N2O2/c18-10-4-2-1-3-8-17-15(19)13-6-5-12-7-9-16-14(12)11-13/h5-6,11,16,18H,1-4,7-10H2,(H,17,19). The van der Waals surface area contributed by atoms with Crippen LogP contribution in [-0.4, -0.2) is 30.7 Å². The molecule has 1 amide bonds. The summed E-state index contributed by atoms with van der Waals surface area (Å²) >= 11 is 0. The van der Waals surface area contributed by atoms with E-state index in [4.69, 9.17) is 5.11 Å². The Labute approximate surface area is 114 Å². The van der Waals surface area contributed by atoms with Crippen molar-refractivity contribution in [2.24, 2.45) is 0 Å². The molecule has 1 heterocycles. The van der Waals surface area contributed by atoms with Crippen molar-refractivity contribution in [3.8, 4) is 0 Å². The maximum absolute atomic E-state index is 12.0. The van der Waals surface area contributed by atoms with Crippen molar-refractivity contribution >= 4 is 11.6 Å². The van der Waals surface area contributed by atoms with Crippen LogP contribution in [0.15, 0.2) is 18.2 Å². The largest absolute Gasteiger partial charge is 0.396 e. The van der Waals surface area contributed by atoms with Gasteiger partial charge in [-0.15, -0.1) is 0 Å². The number of hydrogen-bond acceptors (Lipinski definition) is 3. The van der Waals surface area contributed by atoms with Gasteiger partial charge in [-0.1, -0.05) is 18.9 Å². The summed E-state index contributed by atoms with van der Waals surface area (Å²) in [6.45, 7) is 1.93. The van der Waals surface area contributed by atoms with E-state index in [2.05, 4.69) is 10.6 Å². The first-order valence-electron chi connectivity index (χ1n) is 7.07. The van der Waals surface area contributed by atoms with Gasteiger partial charge in [-0.25, -0.2) is 0 Å². The number of aliphatic hydroxyl groups is 1. The Balaban J connectivity index is 1.74. The lowest BCUT2D eigenvalue weighted by atomic mass is 10.1. The highest BCUT2D eigenvalue weighted by atomic mass is 16.2. The molecule has 0 bridgehead atoms. The molecule has 4 heteroatoms. The van der Waals surface area contributed by atoms with Gasteiger partial charge in [0.2, 0.25) is 0 Å². The van der Waals surface area contributed by atoms with Gasteiger partial charge >= 0.3 is 0 Å². The van der Waals surface area contributed by atoms with E-state index in [0.29, 0.717) is 6.54 Å². The second kappa shape index (κ2) is 7.14. The molecule has 0 fully saturated rings. The van der Waals surface area contributed by atoms with Crippen LogP contribution in [0, 0.1) is 0 Å². The third kappa shape index (κ3) is 3.96. The Morgan fingerprint density at radius 3 is 2.95 bits per heavy atom. The first kappa shape index (κ1) is 13.9. The summed E-state index contributed by atoms with van der Waals surface area (Å²) in [6, 6.07) is 5.86. The second-order valence-corrected chi connectivity index (χ2v) is 4.94. The predicted octanol–water partition coefficient (Wildman–Crippen LogP) is 1.94.